The number of fused-ring (bicyclic) bond motifs is 1. The molecule has 0 unspecified atom stereocenters. The number of carbonyl (C=O) groups excluding carboxylic acids is 1. The largest absolute Gasteiger partial charge is 0.335 e. The van der Waals surface area contributed by atoms with Gasteiger partial charge in [-0.15, -0.1) is 22.9 Å². The van der Waals surface area contributed by atoms with Gasteiger partial charge in [0.25, 0.3) is 5.91 Å². The van der Waals surface area contributed by atoms with Crippen molar-refractivity contribution in [2.45, 2.75) is 31.7 Å². The SMILES string of the molecule is O=C(c1cc2ccc(F)cc2s1)N(CCCCl)C1CCC1. The van der Waals surface area contributed by atoms with Gasteiger partial charge in [-0.1, -0.05) is 6.07 Å². The maximum Gasteiger partial charge on any atom is 0.264 e. The van der Waals surface area contributed by atoms with Gasteiger partial charge in [-0.05, 0) is 49.3 Å². The summed E-state index contributed by atoms with van der Waals surface area (Å²) in [6.07, 6.45) is 4.15. The van der Waals surface area contributed by atoms with E-state index in [4.69, 9.17) is 11.6 Å². The topological polar surface area (TPSA) is 20.3 Å². The van der Waals surface area contributed by atoms with E-state index in [1.165, 1.54) is 29.9 Å². The number of amides is 1. The molecule has 5 heteroatoms. The lowest BCUT2D eigenvalue weighted by molar-refractivity contribution is 0.0586. The van der Waals surface area contributed by atoms with Crippen LogP contribution >= 0.6 is 22.9 Å². The van der Waals surface area contributed by atoms with Crippen LogP contribution in [-0.2, 0) is 0 Å². The van der Waals surface area contributed by atoms with E-state index in [1.807, 2.05) is 11.0 Å². The first kappa shape index (κ1) is 14.8. The van der Waals surface area contributed by atoms with Crippen molar-refractivity contribution in [1.29, 1.82) is 0 Å². The second-order valence-electron chi connectivity index (χ2n) is 5.42. The molecule has 0 radical (unpaired) electrons. The number of benzene rings is 1. The fourth-order valence-electron chi connectivity index (χ4n) is 2.63. The number of hydrogen-bond acceptors (Lipinski definition) is 2. The van der Waals surface area contributed by atoms with E-state index in [2.05, 4.69) is 0 Å². The quantitative estimate of drug-likeness (QED) is 0.732. The van der Waals surface area contributed by atoms with Crippen LogP contribution in [0.25, 0.3) is 10.1 Å². The molecule has 1 amide bonds. The van der Waals surface area contributed by atoms with Crippen LogP contribution in [0.3, 0.4) is 0 Å². The Balaban J connectivity index is 1.85. The molecular weight excluding hydrogens is 309 g/mol. The summed E-state index contributed by atoms with van der Waals surface area (Å²) in [5, 5.41) is 0.927. The van der Waals surface area contributed by atoms with Gasteiger partial charge in [-0.3, -0.25) is 4.79 Å². The van der Waals surface area contributed by atoms with Crippen molar-refractivity contribution in [3.05, 3.63) is 35.0 Å². The van der Waals surface area contributed by atoms with E-state index in [1.54, 1.807) is 6.07 Å². The van der Waals surface area contributed by atoms with Crippen molar-refractivity contribution < 1.29 is 9.18 Å². The smallest absolute Gasteiger partial charge is 0.264 e. The molecular formula is C16H17ClFNOS. The first-order valence-corrected chi connectivity index (χ1v) is 8.60. The third kappa shape index (κ3) is 3.06. The molecule has 0 atom stereocenters. The molecule has 112 valence electrons. The summed E-state index contributed by atoms with van der Waals surface area (Å²) in [6, 6.07) is 6.87. The average Bonchev–Trinajstić information content (AvgIpc) is 2.83. The fraction of sp³-hybridized carbons (Fsp3) is 0.438. The molecule has 0 spiro atoms. The molecule has 1 aromatic carbocycles. The summed E-state index contributed by atoms with van der Waals surface area (Å²) < 4.78 is 14.1. The number of thiophene rings is 1. The number of rotatable bonds is 5. The minimum atomic E-state index is -0.263. The molecule has 2 aromatic rings. The van der Waals surface area contributed by atoms with Crippen molar-refractivity contribution in [2.75, 3.05) is 12.4 Å². The first-order valence-electron chi connectivity index (χ1n) is 7.25. The number of halogens is 2. The Hall–Kier alpha value is -1.13. The van der Waals surface area contributed by atoms with Gasteiger partial charge in [-0.25, -0.2) is 4.39 Å². The molecule has 1 heterocycles. The first-order chi connectivity index (χ1) is 10.2. The minimum Gasteiger partial charge on any atom is -0.335 e. The van der Waals surface area contributed by atoms with Gasteiger partial charge >= 0.3 is 0 Å². The number of hydrogen-bond donors (Lipinski definition) is 0. The zero-order valence-electron chi connectivity index (χ0n) is 11.6. The van der Waals surface area contributed by atoms with E-state index in [-0.39, 0.29) is 11.7 Å². The highest BCUT2D eigenvalue weighted by molar-refractivity contribution is 7.20. The van der Waals surface area contributed by atoms with Crippen molar-refractivity contribution in [3.63, 3.8) is 0 Å². The fourth-order valence-corrected chi connectivity index (χ4v) is 3.79. The Morgan fingerprint density at radius 2 is 2.19 bits per heavy atom. The molecule has 3 rings (SSSR count). The lowest BCUT2D eigenvalue weighted by Gasteiger charge is -2.37. The van der Waals surface area contributed by atoms with Gasteiger partial charge in [0, 0.05) is 23.2 Å². The van der Waals surface area contributed by atoms with Crippen LogP contribution in [0.4, 0.5) is 4.39 Å². The predicted molar refractivity (Wildman–Crippen MR) is 85.8 cm³/mol. The highest BCUT2D eigenvalue weighted by Crippen LogP contribution is 2.31. The van der Waals surface area contributed by atoms with E-state index >= 15 is 0 Å². The van der Waals surface area contributed by atoms with Crippen LogP contribution in [0.1, 0.15) is 35.4 Å². The van der Waals surface area contributed by atoms with Gasteiger partial charge in [-0.2, -0.15) is 0 Å². The summed E-state index contributed by atoms with van der Waals surface area (Å²) >= 11 is 7.14. The highest BCUT2D eigenvalue weighted by Gasteiger charge is 2.29. The third-order valence-electron chi connectivity index (χ3n) is 4.00. The minimum absolute atomic E-state index is 0.0615. The highest BCUT2D eigenvalue weighted by atomic mass is 35.5. The molecule has 1 fully saturated rings. The van der Waals surface area contributed by atoms with Crippen LogP contribution in [0.15, 0.2) is 24.3 Å². The normalized spacial score (nSPS) is 15.1. The maximum absolute atomic E-state index is 13.3. The maximum atomic E-state index is 13.3. The standard InChI is InChI=1S/C16H17ClFNOS/c17-7-2-8-19(13-3-1-4-13)16(20)15-9-11-5-6-12(18)10-14(11)21-15/h5-6,9-10,13H,1-4,7-8H2. The molecule has 1 aliphatic rings. The van der Waals surface area contributed by atoms with Crippen LogP contribution in [-0.4, -0.2) is 29.3 Å². The second-order valence-corrected chi connectivity index (χ2v) is 6.88. The molecule has 0 aliphatic heterocycles. The Labute approximate surface area is 132 Å². The monoisotopic (exact) mass is 325 g/mol. The van der Waals surface area contributed by atoms with Gasteiger partial charge in [0.05, 0.1) is 4.88 Å². The van der Waals surface area contributed by atoms with Crippen molar-refractivity contribution >= 4 is 38.9 Å². The Kier molecular flexibility index (Phi) is 4.45. The van der Waals surface area contributed by atoms with Gasteiger partial charge in [0.1, 0.15) is 5.82 Å². The number of carbonyl (C=O) groups is 1. The van der Waals surface area contributed by atoms with Gasteiger partial charge in [0.2, 0.25) is 0 Å². The molecule has 21 heavy (non-hydrogen) atoms. The lowest BCUT2D eigenvalue weighted by Crippen LogP contribution is -2.44. The Bertz CT molecular complexity index is 653. The van der Waals surface area contributed by atoms with E-state index in [9.17, 15) is 9.18 Å². The molecule has 0 saturated heterocycles. The Morgan fingerprint density at radius 1 is 1.38 bits per heavy atom. The van der Waals surface area contributed by atoms with Gasteiger partial charge < -0.3 is 4.90 Å². The molecule has 0 bridgehead atoms. The summed E-state index contributed by atoms with van der Waals surface area (Å²) in [6.45, 7) is 0.704. The van der Waals surface area contributed by atoms with Crippen LogP contribution in [0.2, 0.25) is 0 Å². The Morgan fingerprint density at radius 3 is 2.86 bits per heavy atom. The second kappa shape index (κ2) is 6.32. The van der Waals surface area contributed by atoms with E-state index in [0.29, 0.717) is 23.3 Å². The van der Waals surface area contributed by atoms with Crippen LogP contribution in [0, 0.1) is 5.82 Å². The molecule has 1 saturated carbocycles. The zero-order chi connectivity index (χ0) is 14.8. The number of nitrogens with zero attached hydrogens (tertiary/aromatic N) is 1. The molecule has 1 aliphatic carbocycles. The van der Waals surface area contributed by atoms with Crippen LogP contribution < -0.4 is 0 Å². The molecule has 0 N–H and O–H groups in total. The van der Waals surface area contributed by atoms with E-state index < -0.39 is 0 Å². The van der Waals surface area contributed by atoms with Crippen LogP contribution in [0.5, 0.6) is 0 Å². The average molecular weight is 326 g/mol. The molecule has 2 nitrogen and oxygen atoms in total. The summed E-state index contributed by atoms with van der Waals surface area (Å²) in [5.74, 6) is 0.362. The zero-order valence-corrected chi connectivity index (χ0v) is 13.2. The molecule has 1 aromatic heterocycles. The third-order valence-corrected chi connectivity index (χ3v) is 5.35. The van der Waals surface area contributed by atoms with Crippen molar-refractivity contribution in [1.82, 2.24) is 4.90 Å². The van der Waals surface area contributed by atoms with Gasteiger partial charge in [0.15, 0.2) is 0 Å². The van der Waals surface area contributed by atoms with Crippen molar-refractivity contribution in [2.24, 2.45) is 0 Å². The number of alkyl halides is 1. The predicted octanol–water partition coefficient (Wildman–Crippen LogP) is 4.66. The van der Waals surface area contributed by atoms with E-state index in [0.717, 1.165) is 29.3 Å². The van der Waals surface area contributed by atoms with Crippen molar-refractivity contribution in [3.8, 4) is 0 Å². The lowest BCUT2D eigenvalue weighted by atomic mass is 9.91. The summed E-state index contributed by atoms with van der Waals surface area (Å²) in [4.78, 5) is 15.4. The summed E-state index contributed by atoms with van der Waals surface area (Å²) in [7, 11) is 0. The summed E-state index contributed by atoms with van der Waals surface area (Å²) in [5.41, 5.74) is 0.